The van der Waals surface area contributed by atoms with Gasteiger partial charge in [0, 0.05) is 12.4 Å². The molecule has 2 unspecified atom stereocenters. The molecule has 0 aliphatic carbocycles. The quantitative estimate of drug-likeness (QED) is 0.613. The summed E-state index contributed by atoms with van der Waals surface area (Å²) in [6, 6.07) is 6.38. The summed E-state index contributed by atoms with van der Waals surface area (Å²) >= 11 is 11.8. The van der Waals surface area contributed by atoms with Gasteiger partial charge in [-0.2, -0.15) is 8.42 Å². The van der Waals surface area contributed by atoms with Crippen LogP contribution in [0.25, 0.3) is 0 Å². The molecule has 1 heterocycles. The highest BCUT2D eigenvalue weighted by atomic mass is 35.5. The fourth-order valence-corrected chi connectivity index (χ4v) is 4.29. The molecular formula is C14H14Cl2N2O4S. The molecule has 2 N–H and O–H groups in total. The summed E-state index contributed by atoms with van der Waals surface area (Å²) in [7, 11) is -4.78. The first-order valence-electron chi connectivity index (χ1n) is 6.48. The van der Waals surface area contributed by atoms with E-state index < -0.39 is 25.8 Å². The van der Waals surface area contributed by atoms with Crippen LogP contribution in [0.4, 0.5) is 0 Å². The molecule has 1 aromatic heterocycles. The second-order valence-electron chi connectivity index (χ2n) is 4.97. The SMILES string of the molecule is Cc1ccccc1C(C(O)(c1cnccn1)C(Cl)Cl)S(=O)(=O)O. The fraction of sp³-hybridized carbons (Fsp3) is 0.286. The van der Waals surface area contributed by atoms with Gasteiger partial charge in [-0.15, -0.1) is 23.2 Å². The zero-order chi connectivity index (χ0) is 17.3. The minimum atomic E-state index is -4.78. The number of aromatic nitrogens is 2. The third-order valence-electron chi connectivity index (χ3n) is 3.47. The maximum Gasteiger partial charge on any atom is 0.275 e. The molecule has 6 nitrogen and oxygen atoms in total. The molecule has 124 valence electrons. The Morgan fingerprint density at radius 3 is 2.35 bits per heavy atom. The molecule has 0 saturated heterocycles. The van der Waals surface area contributed by atoms with Crippen molar-refractivity contribution in [3.8, 4) is 0 Å². The van der Waals surface area contributed by atoms with E-state index in [0.29, 0.717) is 5.56 Å². The van der Waals surface area contributed by atoms with Gasteiger partial charge in [-0.25, -0.2) is 0 Å². The van der Waals surface area contributed by atoms with Crippen molar-refractivity contribution in [2.75, 3.05) is 0 Å². The monoisotopic (exact) mass is 376 g/mol. The molecule has 2 aromatic rings. The van der Waals surface area contributed by atoms with E-state index >= 15 is 0 Å². The van der Waals surface area contributed by atoms with E-state index in [-0.39, 0.29) is 11.3 Å². The van der Waals surface area contributed by atoms with Crippen LogP contribution >= 0.6 is 23.2 Å². The van der Waals surface area contributed by atoms with Crippen LogP contribution < -0.4 is 0 Å². The predicted molar refractivity (Wildman–Crippen MR) is 86.9 cm³/mol. The molecule has 0 saturated carbocycles. The van der Waals surface area contributed by atoms with Gasteiger partial charge in [0.2, 0.25) is 0 Å². The van der Waals surface area contributed by atoms with Crippen molar-refractivity contribution < 1.29 is 18.1 Å². The zero-order valence-electron chi connectivity index (χ0n) is 12.0. The number of aliphatic hydroxyl groups is 1. The number of hydrogen-bond donors (Lipinski definition) is 2. The molecule has 9 heteroatoms. The second-order valence-corrected chi connectivity index (χ2v) is 7.57. The van der Waals surface area contributed by atoms with E-state index in [4.69, 9.17) is 23.2 Å². The number of alkyl halides is 2. The Labute approximate surface area is 143 Å². The third kappa shape index (κ3) is 3.49. The van der Waals surface area contributed by atoms with Crippen LogP contribution in [0.2, 0.25) is 0 Å². The first-order chi connectivity index (χ1) is 10.7. The van der Waals surface area contributed by atoms with E-state index in [1.165, 1.54) is 18.5 Å². The molecule has 23 heavy (non-hydrogen) atoms. The Morgan fingerprint density at radius 2 is 1.87 bits per heavy atom. The molecule has 0 aliphatic rings. The molecule has 0 radical (unpaired) electrons. The van der Waals surface area contributed by atoms with Gasteiger partial charge in [0.05, 0.1) is 11.9 Å². The van der Waals surface area contributed by atoms with Gasteiger partial charge in [0.1, 0.15) is 10.1 Å². The Morgan fingerprint density at radius 1 is 1.22 bits per heavy atom. The van der Waals surface area contributed by atoms with Crippen LogP contribution in [-0.2, 0) is 15.7 Å². The van der Waals surface area contributed by atoms with Gasteiger partial charge in [-0.05, 0) is 18.1 Å². The number of aryl methyl sites for hydroxylation is 1. The Balaban J connectivity index is 2.78. The Bertz CT molecular complexity index is 786. The van der Waals surface area contributed by atoms with Gasteiger partial charge in [0.25, 0.3) is 10.1 Å². The molecule has 0 spiro atoms. The standard InChI is InChI=1S/C14H14Cl2N2O4S/c1-9-4-2-3-5-10(9)12(23(20,21)22)14(19,13(15)16)11-8-17-6-7-18-11/h2-8,12-13,19H,1H3,(H,20,21,22). The predicted octanol–water partition coefficient (Wildman–Crippen LogP) is 2.41. The van der Waals surface area contributed by atoms with Crippen molar-refractivity contribution in [3.63, 3.8) is 0 Å². The largest absolute Gasteiger partial charge is 0.379 e. The van der Waals surface area contributed by atoms with Crippen molar-refractivity contribution >= 4 is 33.3 Å². The lowest BCUT2D eigenvalue weighted by molar-refractivity contribution is 0.0377. The van der Waals surface area contributed by atoms with Crippen LogP contribution in [-0.4, -0.2) is 32.9 Å². The summed E-state index contributed by atoms with van der Waals surface area (Å²) in [6.45, 7) is 1.64. The van der Waals surface area contributed by atoms with Gasteiger partial charge in [-0.3, -0.25) is 14.5 Å². The Kier molecular flexibility index (Phi) is 5.27. The minimum absolute atomic E-state index is 0.162. The molecule has 1 aromatic carbocycles. The van der Waals surface area contributed by atoms with Crippen LogP contribution in [0, 0.1) is 6.92 Å². The van der Waals surface area contributed by atoms with E-state index in [9.17, 15) is 18.1 Å². The lowest BCUT2D eigenvalue weighted by Gasteiger charge is -2.35. The average Bonchev–Trinajstić information content (AvgIpc) is 2.48. The van der Waals surface area contributed by atoms with Crippen molar-refractivity contribution in [2.24, 2.45) is 0 Å². The van der Waals surface area contributed by atoms with E-state index in [0.717, 1.165) is 6.20 Å². The van der Waals surface area contributed by atoms with Gasteiger partial charge in [-0.1, -0.05) is 24.3 Å². The summed E-state index contributed by atoms with van der Waals surface area (Å²) in [6.07, 6.45) is 3.75. The summed E-state index contributed by atoms with van der Waals surface area (Å²) < 4.78 is 33.8. The molecule has 0 aliphatic heterocycles. The average molecular weight is 377 g/mol. The lowest BCUT2D eigenvalue weighted by atomic mass is 9.90. The third-order valence-corrected chi connectivity index (χ3v) is 5.35. The molecule has 0 amide bonds. The Hall–Kier alpha value is -1.25. The number of halogens is 2. The summed E-state index contributed by atoms with van der Waals surface area (Å²) in [5.41, 5.74) is -1.86. The van der Waals surface area contributed by atoms with Crippen LogP contribution in [0.15, 0.2) is 42.9 Å². The maximum atomic E-state index is 12.0. The zero-order valence-corrected chi connectivity index (χ0v) is 14.3. The van der Waals surface area contributed by atoms with Crippen molar-refractivity contribution in [2.45, 2.75) is 22.6 Å². The van der Waals surface area contributed by atoms with Gasteiger partial charge >= 0.3 is 0 Å². The van der Waals surface area contributed by atoms with Crippen LogP contribution in [0.3, 0.4) is 0 Å². The van der Waals surface area contributed by atoms with Crippen LogP contribution in [0.1, 0.15) is 22.1 Å². The summed E-state index contributed by atoms with van der Waals surface area (Å²) in [5, 5.41) is 9.20. The van der Waals surface area contributed by atoms with Crippen LogP contribution in [0.5, 0.6) is 0 Å². The van der Waals surface area contributed by atoms with E-state index in [1.54, 1.807) is 25.1 Å². The van der Waals surface area contributed by atoms with Gasteiger partial charge < -0.3 is 5.11 Å². The van der Waals surface area contributed by atoms with Crippen molar-refractivity contribution in [3.05, 3.63) is 59.7 Å². The number of hydrogen-bond acceptors (Lipinski definition) is 5. The number of rotatable bonds is 5. The number of benzene rings is 1. The minimum Gasteiger partial charge on any atom is -0.379 e. The molecular weight excluding hydrogens is 363 g/mol. The highest BCUT2D eigenvalue weighted by Gasteiger charge is 2.53. The molecule has 0 fully saturated rings. The van der Waals surface area contributed by atoms with Crippen molar-refractivity contribution in [1.29, 1.82) is 0 Å². The number of nitrogens with zero attached hydrogens (tertiary/aromatic N) is 2. The fourth-order valence-electron chi connectivity index (χ4n) is 2.37. The molecule has 2 atom stereocenters. The van der Waals surface area contributed by atoms with E-state index in [2.05, 4.69) is 9.97 Å². The molecule has 0 bridgehead atoms. The normalized spacial score (nSPS) is 16.1. The highest BCUT2D eigenvalue weighted by Crippen LogP contribution is 2.46. The topological polar surface area (TPSA) is 100 Å². The van der Waals surface area contributed by atoms with E-state index in [1.807, 2.05) is 0 Å². The second kappa shape index (κ2) is 6.70. The first-order valence-corrected chi connectivity index (χ1v) is 8.85. The highest BCUT2D eigenvalue weighted by molar-refractivity contribution is 7.86. The maximum absolute atomic E-state index is 12.0. The summed E-state index contributed by atoms with van der Waals surface area (Å²) in [4.78, 5) is 6.11. The summed E-state index contributed by atoms with van der Waals surface area (Å²) in [5.74, 6) is 0. The lowest BCUT2D eigenvalue weighted by Crippen LogP contribution is -2.44. The smallest absolute Gasteiger partial charge is 0.275 e. The molecule has 2 rings (SSSR count). The first kappa shape index (κ1) is 18.1. The van der Waals surface area contributed by atoms with Gasteiger partial charge in [0.15, 0.2) is 5.60 Å². The van der Waals surface area contributed by atoms with Crippen molar-refractivity contribution in [1.82, 2.24) is 9.97 Å².